The molecule has 0 radical (unpaired) electrons. The number of rotatable bonds is 4. The van der Waals surface area contributed by atoms with Crippen molar-refractivity contribution in [3.8, 4) is 0 Å². The van der Waals surface area contributed by atoms with E-state index < -0.39 is 35.6 Å². The lowest BCUT2D eigenvalue weighted by Gasteiger charge is -2.24. The highest BCUT2D eigenvalue weighted by molar-refractivity contribution is 5.99. The second-order valence-electron chi connectivity index (χ2n) is 7.13. The average Bonchev–Trinajstić information content (AvgIpc) is 3.18. The average molecular weight is 432 g/mol. The fraction of sp³-hybridized carbons (Fsp3) is 0.190. The topological polar surface area (TPSA) is 81.8 Å². The molecule has 6 nitrogen and oxygen atoms in total. The van der Waals surface area contributed by atoms with E-state index in [2.05, 4.69) is 15.2 Å². The minimum Gasteiger partial charge on any atom is -0.351 e. The normalized spacial score (nSPS) is 12.6. The zero-order valence-electron chi connectivity index (χ0n) is 16.3. The van der Waals surface area contributed by atoms with Crippen molar-refractivity contribution in [3.63, 3.8) is 0 Å². The van der Waals surface area contributed by atoms with Crippen LogP contribution in [0.2, 0.25) is 0 Å². The predicted molar refractivity (Wildman–Crippen MR) is 106 cm³/mol. The van der Waals surface area contributed by atoms with Crippen LogP contribution in [0.4, 0.5) is 17.6 Å². The number of carbonyl (C=O) groups excluding carboxylic acids is 1. The van der Waals surface area contributed by atoms with Crippen molar-refractivity contribution in [2.75, 3.05) is 7.05 Å². The first-order valence-corrected chi connectivity index (χ1v) is 9.23. The van der Waals surface area contributed by atoms with E-state index in [0.29, 0.717) is 5.52 Å². The number of nitrogens with zero attached hydrogens (tertiary/aromatic N) is 2. The second kappa shape index (κ2) is 7.53. The van der Waals surface area contributed by atoms with Gasteiger partial charge in [0.15, 0.2) is 11.6 Å². The summed E-state index contributed by atoms with van der Waals surface area (Å²) in [5.74, 6) is -2.87. The van der Waals surface area contributed by atoms with Crippen molar-refractivity contribution in [1.29, 1.82) is 0 Å². The van der Waals surface area contributed by atoms with E-state index in [9.17, 15) is 27.2 Å². The zero-order valence-corrected chi connectivity index (χ0v) is 16.3. The van der Waals surface area contributed by atoms with Crippen LogP contribution >= 0.6 is 0 Å². The minimum atomic E-state index is -2.70. The molecule has 2 aromatic carbocycles. The van der Waals surface area contributed by atoms with Gasteiger partial charge in [0, 0.05) is 28.9 Å². The lowest BCUT2D eigenvalue weighted by molar-refractivity contribution is 0.0735. The van der Waals surface area contributed by atoms with E-state index in [1.165, 1.54) is 30.1 Å². The molecule has 0 aliphatic heterocycles. The molecular weight excluding hydrogens is 416 g/mol. The van der Waals surface area contributed by atoms with Gasteiger partial charge in [-0.15, -0.1) is 0 Å². The molecule has 0 spiro atoms. The number of hydrogen-bond donors (Lipinski definition) is 2. The van der Waals surface area contributed by atoms with Crippen molar-refractivity contribution < 1.29 is 22.4 Å². The molecule has 2 heterocycles. The fourth-order valence-corrected chi connectivity index (χ4v) is 3.53. The predicted octanol–water partition coefficient (Wildman–Crippen LogP) is 4.45. The Hall–Kier alpha value is -3.69. The number of hydrogen-bond acceptors (Lipinski definition) is 3. The van der Waals surface area contributed by atoms with E-state index in [1.807, 2.05) is 0 Å². The molecule has 2 aromatic heterocycles. The Morgan fingerprint density at radius 2 is 1.74 bits per heavy atom. The van der Waals surface area contributed by atoms with Crippen LogP contribution in [0.1, 0.15) is 41.1 Å². The van der Waals surface area contributed by atoms with E-state index in [1.54, 1.807) is 13.0 Å². The van der Waals surface area contributed by atoms with Gasteiger partial charge in [0.25, 0.3) is 17.9 Å². The maximum absolute atomic E-state index is 13.8. The van der Waals surface area contributed by atoms with Crippen molar-refractivity contribution in [2.45, 2.75) is 19.4 Å². The summed E-state index contributed by atoms with van der Waals surface area (Å²) in [6.07, 6.45) is -2.70. The summed E-state index contributed by atoms with van der Waals surface area (Å²) in [6, 6.07) is 6.53. The van der Waals surface area contributed by atoms with Crippen LogP contribution < -0.4 is 5.56 Å². The van der Waals surface area contributed by atoms with Crippen LogP contribution in [0.15, 0.2) is 41.2 Å². The molecule has 10 heteroatoms. The monoisotopic (exact) mass is 432 g/mol. The van der Waals surface area contributed by atoms with Gasteiger partial charge >= 0.3 is 0 Å². The number of aromatic nitrogens is 3. The summed E-state index contributed by atoms with van der Waals surface area (Å²) in [5, 5.41) is 6.33. The molecule has 0 saturated heterocycles. The van der Waals surface area contributed by atoms with Gasteiger partial charge in [-0.3, -0.25) is 9.59 Å². The van der Waals surface area contributed by atoms with Crippen molar-refractivity contribution >= 4 is 27.6 Å². The number of H-pyrrole nitrogens is 2. The smallest absolute Gasteiger partial charge is 0.272 e. The van der Waals surface area contributed by atoms with Crippen LogP contribution in [-0.2, 0) is 0 Å². The molecule has 2 N–H and O–H groups in total. The molecule has 0 aliphatic rings. The maximum atomic E-state index is 13.8. The molecule has 0 fully saturated rings. The lowest BCUT2D eigenvalue weighted by atomic mass is 10.1. The Bertz CT molecular complexity index is 1380. The molecule has 1 atom stereocenters. The maximum Gasteiger partial charge on any atom is 0.272 e. The van der Waals surface area contributed by atoms with Crippen LogP contribution in [0, 0.1) is 11.6 Å². The van der Waals surface area contributed by atoms with Gasteiger partial charge in [-0.2, -0.15) is 5.10 Å². The Morgan fingerprint density at radius 3 is 2.42 bits per heavy atom. The highest BCUT2D eigenvalue weighted by Crippen LogP contribution is 2.30. The molecular formula is C21H16F4N4O2. The zero-order chi connectivity index (χ0) is 22.4. The van der Waals surface area contributed by atoms with Crippen molar-refractivity contribution in [1.82, 2.24) is 20.1 Å². The largest absolute Gasteiger partial charge is 0.351 e. The van der Waals surface area contributed by atoms with Crippen molar-refractivity contribution in [3.05, 3.63) is 75.3 Å². The van der Waals surface area contributed by atoms with Crippen LogP contribution in [0.25, 0.3) is 21.7 Å². The van der Waals surface area contributed by atoms with Gasteiger partial charge in [0.1, 0.15) is 5.69 Å². The highest BCUT2D eigenvalue weighted by atomic mass is 19.3. The van der Waals surface area contributed by atoms with E-state index in [4.69, 9.17) is 0 Å². The molecule has 0 aliphatic carbocycles. The standard InChI is InChI=1S/C21H16F4N4O2/c1-9(18-12-6-14(22)15(23)7-13(12)20(30)28-27-18)29(2)21(31)17-8-11-10(19(24)25)4-3-5-16(11)26-17/h3-9,19,26H,1-2H3,(H,28,30)/t9-/m1/s1. The third kappa shape index (κ3) is 3.43. The molecule has 4 aromatic rings. The second-order valence-corrected chi connectivity index (χ2v) is 7.13. The van der Waals surface area contributed by atoms with Gasteiger partial charge in [0.2, 0.25) is 0 Å². The minimum absolute atomic E-state index is 0.0615. The lowest BCUT2D eigenvalue weighted by Crippen LogP contribution is -2.31. The summed E-state index contributed by atoms with van der Waals surface area (Å²) >= 11 is 0. The molecule has 0 unspecified atom stereocenters. The van der Waals surface area contributed by atoms with Gasteiger partial charge in [-0.25, -0.2) is 22.7 Å². The van der Waals surface area contributed by atoms with E-state index in [-0.39, 0.29) is 33.1 Å². The van der Waals surface area contributed by atoms with E-state index >= 15 is 0 Å². The number of fused-ring (bicyclic) bond motifs is 2. The molecule has 0 bridgehead atoms. The number of halogens is 4. The third-order valence-corrected chi connectivity index (χ3v) is 5.32. The molecule has 160 valence electrons. The van der Waals surface area contributed by atoms with Gasteiger partial charge in [0.05, 0.1) is 17.1 Å². The summed E-state index contributed by atoms with van der Waals surface area (Å²) < 4.78 is 53.9. The number of amides is 1. The molecule has 4 rings (SSSR count). The van der Waals surface area contributed by atoms with Crippen LogP contribution in [0.5, 0.6) is 0 Å². The van der Waals surface area contributed by atoms with Gasteiger partial charge in [-0.1, -0.05) is 12.1 Å². The Labute approximate surface area is 172 Å². The SMILES string of the molecule is C[C@H](c1n[nH]c(=O)c2cc(F)c(F)cc12)N(C)C(=O)c1cc2c(C(F)F)cccc2[nH]1. The van der Waals surface area contributed by atoms with Crippen LogP contribution in [0.3, 0.4) is 0 Å². The summed E-state index contributed by atoms with van der Waals surface area (Å²) in [7, 11) is 1.45. The van der Waals surface area contributed by atoms with Gasteiger partial charge < -0.3 is 9.88 Å². The summed E-state index contributed by atoms with van der Waals surface area (Å²) in [5.41, 5.74) is -0.298. The number of alkyl halides is 2. The van der Waals surface area contributed by atoms with Crippen LogP contribution in [-0.4, -0.2) is 33.0 Å². The van der Waals surface area contributed by atoms with E-state index in [0.717, 1.165) is 12.1 Å². The first-order valence-electron chi connectivity index (χ1n) is 9.23. The molecule has 31 heavy (non-hydrogen) atoms. The summed E-state index contributed by atoms with van der Waals surface area (Å²) in [6.45, 7) is 1.59. The molecule has 1 amide bonds. The number of aromatic amines is 2. The quantitative estimate of drug-likeness (QED) is 0.468. The number of carbonyl (C=O) groups is 1. The first-order chi connectivity index (χ1) is 14.7. The fourth-order valence-electron chi connectivity index (χ4n) is 3.53. The first kappa shape index (κ1) is 20.6. The Morgan fingerprint density at radius 1 is 1.06 bits per heavy atom. The summed E-state index contributed by atoms with van der Waals surface area (Å²) in [4.78, 5) is 29.1. The molecule has 0 saturated carbocycles. The van der Waals surface area contributed by atoms with Crippen molar-refractivity contribution in [2.24, 2.45) is 0 Å². The number of nitrogens with one attached hydrogen (secondary N) is 2. The Kier molecular flexibility index (Phi) is 5.00. The number of benzene rings is 2. The third-order valence-electron chi connectivity index (χ3n) is 5.32. The van der Waals surface area contributed by atoms with Gasteiger partial charge in [-0.05, 0) is 31.2 Å². The Balaban J connectivity index is 1.74. The highest BCUT2D eigenvalue weighted by Gasteiger charge is 2.25.